The van der Waals surface area contributed by atoms with Crippen LogP contribution in [0.25, 0.3) is 0 Å². The maximum absolute atomic E-state index is 14.0. The van der Waals surface area contributed by atoms with Gasteiger partial charge in [-0.15, -0.1) is 0 Å². The summed E-state index contributed by atoms with van der Waals surface area (Å²) in [5.41, 5.74) is 4.70. The van der Waals surface area contributed by atoms with Gasteiger partial charge in [0.25, 0.3) is 0 Å². The second-order valence-corrected chi connectivity index (χ2v) is 6.23. The third-order valence-electron chi connectivity index (χ3n) is 3.40. The van der Waals surface area contributed by atoms with Gasteiger partial charge in [-0.3, -0.25) is 4.79 Å². The molecular formula is C15H20FNO2. The Balaban J connectivity index is 2.35. The molecule has 4 heteroatoms. The van der Waals surface area contributed by atoms with Crippen molar-refractivity contribution < 1.29 is 13.9 Å². The number of halogens is 1. The van der Waals surface area contributed by atoms with Crippen LogP contribution in [0.1, 0.15) is 39.2 Å². The summed E-state index contributed by atoms with van der Waals surface area (Å²) in [6, 6.07) is 6.28. The number of carbonyl (C=O) groups excluding carboxylic acids is 1. The molecule has 2 rings (SSSR count). The van der Waals surface area contributed by atoms with Gasteiger partial charge < -0.3 is 10.5 Å². The van der Waals surface area contributed by atoms with Crippen LogP contribution < -0.4 is 5.73 Å². The zero-order chi connectivity index (χ0) is 14.3. The van der Waals surface area contributed by atoms with E-state index in [1.54, 1.807) is 39.0 Å². The van der Waals surface area contributed by atoms with E-state index in [0.29, 0.717) is 18.4 Å². The Labute approximate surface area is 112 Å². The van der Waals surface area contributed by atoms with Crippen LogP contribution in [0.2, 0.25) is 0 Å². The van der Waals surface area contributed by atoms with E-state index in [-0.39, 0.29) is 17.8 Å². The van der Waals surface area contributed by atoms with E-state index < -0.39 is 11.0 Å². The van der Waals surface area contributed by atoms with Crippen LogP contribution in [0.5, 0.6) is 0 Å². The van der Waals surface area contributed by atoms with E-state index in [2.05, 4.69) is 0 Å². The first-order valence-corrected chi connectivity index (χ1v) is 6.49. The van der Waals surface area contributed by atoms with Gasteiger partial charge in [-0.25, -0.2) is 4.39 Å². The summed E-state index contributed by atoms with van der Waals surface area (Å²) >= 11 is 0. The molecule has 1 aromatic carbocycles. The maximum Gasteiger partial charge on any atom is 0.317 e. The highest BCUT2D eigenvalue weighted by Gasteiger charge is 2.53. The van der Waals surface area contributed by atoms with Crippen molar-refractivity contribution in [3.63, 3.8) is 0 Å². The molecular weight excluding hydrogens is 245 g/mol. The molecule has 0 spiro atoms. The second-order valence-electron chi connectivity index (χ2n) is 6.23. The molecule has 1 aromatic rings. The molecule has 0 radical (unpaired) electrons. The minimum Gasteiger partial charge on any atom is -0.459 e. The summed E-state index contributed by atoms with van der Waals surface area (Å²) in [4.78, 5) is 12.4. The molecule has 1 saturated carbocycles. The molecule has 1 fully saturated rings. The first-order valence-electron chi connectivity index (χ1n) is 6.49. The number of hydrogen-bond acceptors (Lipinski definition) is 3. The zero-order valence-corrected chi connectivity index (χ0v) is 11.6. The van der Waals surface area contributed by atoms with Crippen LogP contribution in [-0.4, -0.2) is 17.6 Å². The molecule has 1 aliphatic carbocycles. The first-order chi connectivity index (χ1) is 8.74. The number of esters is 1. The average Bonchev–Trinajstić information content (AvgIpc) is 2.23. The predicted octanol–water partition coefficient (Wildman–Crippen LogP) is 2.53. The molecule has 19 heavy (non-hydrogen) atoms. The standard InChI is InChI=1S/C15H20FNO2/c1-14(2,3)19-13(18)15(8-10(17)9-15)11-6-4-5-7-12(11)16/h4-7,10H,8-9,17H2,1-3H3. The minimum atomic E-state index is -0.919. The third-order valence-corrected chi connectivity index (χ3v) is 3.40. The molecule has 3 nitrogen and oxygen atoms in total. The summed E-state index contributed by atoms with van der Waals surface area (Å²) in [5.74, 6) is -0.757. The minimum absolute atomic E-state index is 0.0767. The van der Waals surface area contributed by atoms with Crippen molar-refractivity contribution in [3.8, 4) is 0 Å². The van der Waals surface area contributed by atoms with E-state index >= 15 is 0 Å². The van der Waals surface area contributed by atoms with E-state index in [1.165, 1.54) is 6.07 Å². The number of ether oxygens (including phenoxy) is 1. The quantitative estimate of drug-likeness (QED) is 0.836. The fraction of sp³-hybridized carbons (Fsp3) is 0.533. The Bertz CT molecular complexity index is 487. The molecule has 0 amide bonds. The van der Waals surface area contributed by atoms with Crippen molar-refractivity contribution in [2.45, 2.75) is 50.7 Å². The molecule has 0 heterocycles. The van der Waals surface area contributed by atoms with Crippen molar-refractivity contribution in [1.82, 2.24) is 0 Å². The normalized spacial score (nSPS) is 26.7. The SMILES string of the molecule is CC(C)(C)OC(=O)C1(c2ccccc2F)CC(N)C1. The summed E-state index contributed by atoms with van der Waals surface area (Å²) < 4.78 is 19.4. The zero-order valence-electron chi connectivity index (χ0n) is 11.6. The van der Waals surface area contributed by atoms with Crippen LogP contribution >= 0.6 is 0 Å². The largest absolute Gasteiger partial charge is 0.459 e. The van der Waals surface area contributed by atoms with Crippen LogP contribution in [-0.2, 0) is 14.9 Å². The van der Waals surface area contributed by atoms with Crippen molar-refractivity contribution >= 4 is 5.97 Å². The predicted molar refractivity (Wildman–Crippen MR) is 71.1 cm³/mol. The van der Waals surface area contributed by atoms with Gasteiger partial charge in [0.2, 0.25) is 0 Å². The lowest BCUT2D eigenvalue weighted by Crippen LogP contribution is -2.56. The van der Waals surface area contributed by atoms with Gasteiger partial charge in [-0.05, 0) is 39.7 Å². The summed E-state index contributed by atoms with van der Waals surface area (Å²) in [7, 11) is 0. The molecule has 0 saturated heterocycles. The maximum atomic E-state index is 14.0. The molecule has 0 bridgehead atoms. The average molecular weight is 265 g/mol. The smallest absolute Gasteiger partial charge is 0.317 e. The summed E-state index contributed by atoms with van der Waals surface area (Å²) in [6.45, 7) is 5.41. The van der Waals surface area contributed by atoms with E-state index in [9.17, 15) is 9.18 Å². The van der Waals surface area contributed by atoms with Gasteiger partial charge in [0.1, 0.15) is 11.4 Å². The van der Waals surface area contributed by atoms with Crippen LogP contribution in [0.4, 0.5) is 4.39 Å². The lowest BCUT2D eigenvalue weighted by molar-refractivity contribution is -0.167. The molecule has 0 aromatic heterocycles. The Kier molecular flexibility index (Phi) is 3.39. The fourth-order valence-corrected chi connectivity index (χ4v) is 2.56. The Morgan fingerprint density at radius 1 is 1.37 bits per heavy atom. The highest BCUT2D eigenvalue weighted by Crippen LogP contribution is 2.45. The molecule has 0 aliphatic heterocycles. The van der Waals surface area contributed by atoms with Crippen molar-refractivity contribution in [2.24, 2.45) is 5.73 Å². The van der Waals surface area contributed by atoms with Crippen molar-refractivity contribution in [3.05, 3.63) is 35.6 Å². The Hall–Kier alpha value is -1.42. The topological polar surface area (TPSA) is 52.3 Å². The number of hydrogen-bond donors (Lipinski definition) is 1. The van der Waals surface area contributed by atoms with Crippen LogP contribution in [0.15, 0.2) is 24.3 Å². The van der Waals surface area contributed by atoms with Crippen molar-refractivity contribution in [2.75, 3.05) is 0 Å². The van der Waals surface area contributed by atoms with E-state index in [1.807, 2.05) is 0 Å². The van der Waals surface area contributed by atoms with Gasteiger partial charge in [-0.2, -0.15) is 0 Å². The highest BCUT2D eigenvalue weighted by molar-refractivity contribution is 5.85. The van der Waals surface area contributed by atoms with E-state index in [4.69, 9.17) is 10.5 Å². The lowest BCUT2D eigenvalue weighted by atomic mass is 9.61. The number of carbonyl (C=O) groups is 1. The Morgan fingerprint density at radius 3 is 2.42 bits per heavy atom. The first kappa shape index (κ1) is 14.0. The van der Waals surface area contributed by atoms with Gasteiger partial charge in [0.05, 0.1) is 5.41 Å². The van der Waals surface area contributed by atoms with E-state index in [0.717, 1.165) is 0 Å². The molecule has 1 aliphatic rings. The second kappa shape index (κ2) is 4.60. The van der Waals surface area contributed by atoms with Gasteiger partial charge in [0.15, 0.2) is 0 Å². The number of benzene rings is 1. The number of nitrogens with two attached hydrogens (primary N) is 1. The monoisotopic (exact) mass is 265 g/mol. The van der Waals surface area contributed by atoms with Gasteiger partial charge >= 0.3 is 5.97 Å². The third kappa shape index (κ3) is 2.63. The van der Waals surface area contributed by atoms with Crippen molar-refractivity contribution in [1.29, 1.82) is 0 Å². The summed E-state index contributed by atoms with van der Waals surface area (Å²) in [6.07, 6.45) is 0.867. The van der Waals surface area contributed by atoms with Crippen LogP contribution in [0, 0.1) is 5.82 Å². The fourth-order valence-electron chi connectivity index (χ4n) is 2.56. The molecule has 2 N–H and O–H groups in total. The lowest BCUT2D eigenvalue weighted by Gasteiger charge is -2.45. The molecule has 0 unspecified atom stereocenters. The van der Waals surface area contributed by atoms with Gasteiger partial charge in [0, 0.05) is 11.6 Å². The molecule has 104 valence electrons. The summed E-state index contributed by atoms with van der Waals surface area (Å²) in [5, 5.41) is 0. The van der Waals surface area contributed by atoms with Gasteiger partial charge in [-0.1, -0.05) is 18.2 Å². The number of rotatable bonds is 2. The highest BCUT2D eigenvalue weighted by atomic mass is 19.1. The van der Waals surface area contributed by atoms with Crippen LogP contribution in [0.3, 0.4) is 0 Å². The molecule has 0 atom stereocenters. The Morgan fingerprint density at radius 2 is 1.95 bits per heavy atom.